The highest BCUT2D eigenvalue weighted by Gasteiger charge is 2.05. The van der Waals surface area contributed by atoms with Crippen LogP contribution >= 0.6 is 0 Å². The molecule has 0 aromatic heterocycles. The zero-order chi connectivity index (χ0) is 15.4. The van der Waals surface area contributed by atoms with E-state index in [2.05, 4.69) is 44.5 Å². The van der Waals surface area contributed by atoms with Gasteiger partial charge in [0.2, 0.25) is 0 Å². The van der Waals surface area contributed by atoms with Crippen LogP contribution in [0.2, 0.25) is 0 Å². The van der Waals surface area contributed by atoms with Gasteiger partial charge in [-0.15, -0.1) is 6.58 Å². The van der Waals surface area contributed by atoms with Crippen molar-refractivity contribution < 1.29 is 5.11 Å². The summed E-state index contributed by atoms with van der Waals surface area (Å²) in [7, 11) is 0. The summed E-state index contributed by atoms with van der Waals surface area (Å²) in [5.41, 5.74) is 6.09. The summed E-state index contributed by atoms with van der Waals surface area (Å²) >= 11 is 0. The number of aromatic hydroxyl groups is 1. The average Bonchev–Trinajstić information content (AvgIpc) is 2.41. The minimum Gasteiger partial charge on any atom is -0.507 e. The molecule has 21 heavy (non-hydrogen) atoms. The highest BCUT2D eigenvalue weighted by atomic mass is 16.3. The van der Waals surface area contributed by atoms with Crippen molar-refractivity contribution in [2.45, 2.75) is 27.2 Å². The third-order valence-electron chi connectivity index (χ3n) is 3.48. The quantitative estimate of drug-likeness (QED) is 0.633. The minimum atomic E-state index is 0.281. The van der Waals surface area contributed by atoms with Crippen LogP contribution in [0.4, 0.5) is 5.69 Å². The molecule has 0 spiro atoms. The molecule has 0 radical (unpaired) electrons. The Bertz CT molecular complexity index is 676. The van der Waals surface area contributed by atoms with Gasteiger partial charge in [-0.3, -0.25) is 4.99 Å². The van der Waals surface area contributed by atoms with Gasteiger partial charge in [-0.05, 0) is 49.9 Å². The average molecular weight is 279 g/mol. The first-order valence-electron chi connectivity index (χ1n) is 7.06. The number of nitrogens with zero attached hydrogens (tertiary/aromatic N) is 1. The topological polar surface area (TPSA) is 32.6 Å². The fourth-order valence-corrected chi connectivity index (χ4v) is 2.55. The molecule has 2 heteroatoms. The van der Waals surface area contributed by atoms with Crippen LogP contribution in [-0.2, 0) is 6.42 Å². The maximum absolute atomic E-state index is 10.2. The Morgan fingerprint density at radius 2 is 1.81 bits per heavy atom. The number of rotatable bonds is 4. The Balaban J connectivity index is 2.38. The predicted molar refractivity (Wildman–Crippen MR) is 89.9 cm³/mol. The molecule has 108 valence electrons. The van der Waals surface area contributed by atoms with E-state index in [-0.39, 0.29) is 5.75 Å². The van der Waals surface area contributed by atoms with Crippen molar-refractivity contribution in [3.8, 4) is 5.75 Å². The van der Waals surface area contributed by atoms with Crippen molar-refractivity contribution >= 4 is 11.9 Å². The second kappa shape index (κ2) is 6.40. The van der Waals surface area contributed by atoms with Gasteiger partial charge in [-0.25, -0.2) is 0 Å². The van der Waals surface area contributed by atoms with E-state index in [1.807, 2.05) is 18.2 Å². The van der Waals surface area contributed by atoms with Gasteiger partial charge in [0.1, 0.15) is 5.75 Å². The molecular formula is C19H21NO. The van der Waals surface area contributed by atoms with Crippen LogP contribution in [0, 0.1) is 20.8 Å². The lowest BCUT2D eigenvalue weighted by molar-refractivity contribution is 0.469. The lowest BCUT2D eigenvalue weighted by Crippen LogP contribution is -1.90. The highest BCUT2D eigenvalue weighted by molar-refractivity contribution is 5.86. The molecule has 0 bridgehead atoms. The summed E-state index contributed by atoms with van der Waals surface area (Å²) in [5, 5.41) is 10.2. The van der Waals surface area contributed by atoms with Gasteiger partial charge < -0.3 is 5.11 Å². The Morgan fingerprint density at radius 1 is 1.14 bits per heavy atom. The minimum absolute atomic E-state index is 0.281. The molecule has 2 nitrogen and oxygen atoms in total. The van der Waals surface area contributed by atoms with E-state index in [4.69, 9.17) is 0 Å². The fraction of sp³-hybridized carbons (Fsp3) is 0.211. The third kappa shape index (κ3) is 3.40. The predicted octanol–water partition coefficient (Wildman–Crippen LogP) is 4.80. The summed E-state index contributed by atoms with van der Waals surface area (Å²) < 4.78 is 0. The number of para-hydroxylation sites is 1. The lowest BCUT2D eigenvalue weighted by atomic mass is 10.0. The Morgan fingerprint density at radius 3 is 2.43 bits per heavy atom. The van der Waals surface area contributed by atoms with Gasteiger partial charge in [0.05, 0.1) is 5.69 Å². The van der Waals surface area contributed by atoms with Crippen LogP contribution in [0.3, 0.4) is 0 Å². The first-order valence-corrected chi connectivity index (χ1v) is 7.06. The normalized spacial score (nSPS) is 11.0. The van der Waals surface area contributed by atoms with E-state index in [0.29, 0.717) is 6.42 Å². The number of aliphatic imine (C=N–C) groups is 1. The molecule has 0 heterocycles. The highest BCUT2D eigenvalue weighted by Crippen LogP contribution is 2.26. The molecule has 0 aliphatic rings. The van der Waals surface area contributed by atoms with Crippen LogP contribution in [0.15, 0.2) is 48.0 Å². The number of hydrogen-bond donors (Lipinski definition) is 1. The molecule has 0 amide bonds. The smallest absolute Gasteiger partial charge is 0.127 e. The maximum atomic E-state index is 10.2. The molecule has 0 fully saturated rings. The second-order valence-corrected chi connectivity index (χ2v) is 5.35. The van der Waals surface area contributed by atoms with Gasteiger partial charge in [0.15, 0.2) is 0 Å². The number of benzene rings is 2. The molecule has 0 aliphatic carbocycles. The fourth-order valence-electron chi connectivity index (χ4n) is 2.55. The molecule has 0 unspecified atom stereocenters. The molecule has 2 aromatic rings. The van der Waals surface area contributed by atoms with Gasteiger partial charge in [-0.1, -0.05) is 35.9 Å². The Kier molecular flexibility index (Phi) is 4.59. The van der Waals surface area contributed by atoms with Crippen molar-refractivity contribution in [1.29, 1.82) is 0 Å². The SMILES string of the molecule is C=CCc1cccc(C=Nc2c(C)cc(C)cc2C)c1O. The number of phenolic OH excluding ortho intramolecular Hbond substituents is 1. The molecule has 0 atom stereocenters. The van der Waals surface area contributed by atoms with Crippen molar-refractivity contribution in [1.82, 2.24) is 0 Å². The van der Waals surface area contributed by atoms with Gasteiger partial charge in [0.25, 0.3) is 0 Å². The molecular weight excluding hydrogens is 258 g/mol. The largest absolute Gasteiger partial charge is 0.507 e. The summed E-state index contributed by atoms with van der Waals surface area (Å²) in [6, 6.07) is 9.93. The van der Waals surface area contributed by atoms with Crippen molar-refractivity contribution in [3.05, 3.63) is 70.8 Å². The molecule has 2 aromatic carbocycles. The number of aryl methyl sites for hydroxylation is 3. The molecule has 0 saturated carbocycles. The van der Waals surface area contributed by atoms with E-state index in [0.717, 1.165) is 27.9 Å². The zero-order valence-corrected chi connectivity index (χ0v) is 12.9. The summed E-state index contributed by atoms with van der Waals surface area (Å²) in [6.07, 6.45) is 4.16. The number of hydrogen-bond acceptors (Lipinski definition) is 2. The van der Waals surface area contributed by atoms with E-state index in [1.54, 1.807) is 12.3 Å². The lowest BCUT2D eigenvalue weighted by Gasteiger charge is -2.07. The standard InChI is InChI=1S/C19H21NO/c1-5-7-16-8-6-9-17(19(16)21)12-20-18-14(3)10-13(2)11-15(18)4/h5-6,8-12,21H,1,7H2,2-4H3. The van der Waals surface area contributed by atoms with Crippen LogP contribution < -0.4 is 0 Å². The molecule has 0 aliphatic heterocycles. The second-order valence-electron chi connectivity index (χ2n) is 5.35. The summed E-state index contributed by atoms with van der Waals surface area (Å²) in [5.74, 6) is 0.281. The molecule has 0 saturated heterocycles. The summed E-state index contributed by atoms with van der Waals surface area (Å²) in [4.78, 5) is 4.57. The van der Waals surface area contributed by atoms with E-state index < -0.39 is 0 Å². The van der Waals surface area contributed by atoms with E-state index >= 15 is 0 Å². The van der Waals surface area contributed by atoms with Gasteiger partial charge in [-0.2, -0.15) is 0 Å². The zero-order valence-electron chi connectivity index (χ0n) is 12.9. The first kappa shape index (κ1) is 15.0. The molecule has 1 N–H and O–H groups in total. The van der Waals surface area contributed by atoms with Crippen molar-refractivity contribution in [2.75, 3.05) is 0 Å². The van der Waals surface area contributed by atoms with Crippen LogP contribution in [0.5, 0.6) is 5.75 Å². The van der Waals surface area contributed by atoms with Crippen LogP contribution in [0.25, 0.3) is 0 Å². The van der Waals surface area contributed by atoms with E-state index in [1.165, 1.54) is 5.56 Å². The van der Waals surface area contributed by atoms with Gasteiger partial charge in [0, 0.05) is 11.8 Å². The number of phenols is 1. The molecule has 2 rings (SSSR count). The Labute approximate surface area is 126 Å². The van der Waals surface area contributed by atoms with Gasteiger partial charge >= 0.3 is 0 Å². The number of allylic oxidation sites excluding steroid dienone is 1. The first-order chi connectivity index (χ1) is 10.0. The Hall–Kier alpha value is -2.35. The van der Waals surface area contributed by atoms with Crippen molar-refractivity contribution in [3.63, 3.8) is 0 Å². The van der Waals surface area contributed by atoms with Crippen molar-refractivity contribution in [2.24, 2.45) is 4.99 Å². The monoisotopic (exact) mass is 279 g/mol. The maximum Gasteiger partial charge on any atom is 0.127 e. The van der Waals surface area contributed by atoms with Crippen LogP contribution in [-0.4, -0.2) is 11.3 Å². The third-order valence-corrected chi connectivity index (χ3v) is 3.48. The summed E-state index contributed by atoms with van der Waals surface area (Å²) in [6.45, 7) is 9.90. The van der Waals surface area contributed by atoms with Crippen LogP contribution in [0.1, 0.15) is 27.8 Å². The van der Waals surface area contributed by atoms with E-state index in [9.17, 15) is 5.11 Å².